The number of thiophene rings is 1. The standard InChI is InChI=1S/C15H22ClNOS/c1-3-15(4-2,10-16)17-14(18)12-6-5-7-13-11(12)8-9-19-13/h8-9,12H,3-7,10H2,1-2H3,(H,17,18). The van der Waals surface area contributed by atoms with Gasteiger partial charge < -0.3 is 5.32 Å². The molecule has 0 fully saturated rings. The van der Waals surface area contributed by atoms with Crippen LogP contribution in [0.1, 0.15) is 55.9 Å². The Kier molecular flexibility index (Phi) is 4.91. The maximum absolute atomic E-state index is 12.6. The van der Waals surface area contributed by atoms with E-state index < -0.39 is 0 Å². The molecule has 1 atom stereocenters. The molecule has 1 unspecified atom stereocenters. The molecule has 0 spiro atoms. The van der Waals surface area contributed by atoms with E-state index in [2.05, 4.69) is 30.6 Å². The Bertz CT molecular complexity index is 431. The van der Waals surface area contributed by atoms with Crippen LogP contribution in [0.5, 0.6) is 0 Å². The van der Waals surface area contributed by atoms with Gasteiger partial charge in [0, 0.05) is 10.8 Å². The first-order chi connectivity index (χ1) is 9.15. The number of amides is 1. The summed E-state index contributed by atoms with van der Waals surface area (Å²) in [4.78, 5) is 14.0. The number of halogens is 1. The van der Waals surface area contributed by atoms with Gasteiger partial charge in [0.25, 0.3) is 0 Å². The fourth-order valence-corrected chi connectivity index (χ4v) is 4.19. The van der Waals surface area contributed by atoms with Gasteiger partial charge in [-0.25, -0.2) is 0 Å². The molecule has 0 radical (unpaired) electrons. The summed E-state index contributed by atoms with van der Waals surface area (Å²) in [6.45, 7) is 4.17. The van der Waals surface area contributed by atoms with E-state index >= 15 is 0 Å². The third kappa shape index (κ3) is 2.97. The Balaban J connectivity index is 2.14. The zero-order valence-corrected chi connectivity index (χ0v) is 13.2. The van der Waals surface area contributed by atoms with E-state index in [4.69, 9.17) is 11.6 Å². The second-order valence-corrected chi connectivity index (χ2v) is 6.62. The summed E-state index contributed by atoms with van der Waals surface area (Å²) in [7, 11) is 0. The molecule has 0 saturated heterocycles. The number of nitrogens with one attached hydrogen (secondary N) is 1. The largest absolute Gasteiger partial charge is 0.349 e. The minimum Gasteiger partial charge on any atom is -0.349 e. The topological polar surface area (TPSA) is 29.1 Å². The lowest BCUT2D eigenvalue weighted by molar-refractivity contribution is -0.124. The molecule has 1 heterocycles. The van der Waals surface area contributed by atoms with Gasteiger partial charge in [-0.15, -0.1) is 22.9 Å². The summed E-state index contributed by atoms with van der Waals surface area (Å²) < 4.78 is 0. The summed E-state index contributed by atoms with van der Waals surface area (Å²) in [5.74, 6) is 0.661. The van der Waals surface area contributed by atoms with E-state index in [1.54, 1.807) is 11.3 Å². The summed E-state index contributed by atoms with van der Waals surface area (Å²) >= 11 is 7.85. The smallest absolute Gasteiger partial charge is 0.228 e. The Hall–Kier alpha value is -0.540. The van der Waals surface area contributed by atoms with E-state index in [0.717, 1.165) is 32.1 Å². The third-order valence-corrected chi connectivity index (χ3v) is 5.87. The van der Waals surface area contributed by atoms with Crippen LogP contribution < -0.4 is 5.32 Å². The Labute approximate surface area is 124 Å². The molecule has 1 aromatic heterocycles. The van der Waals surface area contributed by atoms with Crippen molar-refractivity contribution in [1.29, 1.82) is 0 Å². The molecule has 1 aliphatic rings. The maximum atomic E-state index is 12.6. The molecule has 0 saturated carbocycles. The molecule has 0 bridgehead atoms. The van der Waals surface area contributed by atoms with Crippen LogP contribution in [-0.4, -0.2) is 17.3 Å². The van der Waals surface area contributed by atoms with E-state index in [1.807, 2.05) is 0 Å². The first-order valence-electron chi connectivity index (χ1n) is 7.10. The average Bonchev–Trinajstić information content (AvgIpc) is 2.93. The van der Waals surface area contributed by atoms with Gasteiger partial charge in [0.1, 0.15) is 0 Å². The molecule has 2 rings (SSSR count). The fraction of sp³-hybridized carbons (Fsp3) is 0.667. The zero-order chi connectivity index (χ0) is 13.9. The molecule has 0 aromatic carbocycles. The molecule has 1 aliphatic carbocycles. The number of carbonyl (C=O) groups is 1. The number of alkyl halides is 1. The first-order valence-corrected chi connectivity index (χ1v) is 8.51. The second-order valence-electron chi connectivity index (χ2n) is 5.35. The quantitative estimate of drug-likeness (QED) is 0.816. The molecule has 1 amide bonds. The van der Waals surface area contributed by atoms with Crippen LogP contribution in [0.3, 0.4) is 0 Å². The number of hydrogen-bond donors (Lipinski definition) is 1. The maximum Gasteiger partial charge on any atom is 0.228 e. The van der Waals surface area contributed by atoms with Crippen molar-refractivity contribution in [2.24, 2.45) is 0 Å². The highest BCUT2D eigenvalue weighted by atomic mass is 35.5. The van der Waals surface area contributed by atoms with Crippen molar-refractivity contribution >= 4 is 28.8 Å². The van der Waals surface area contributed by atoms with Gasteiger partial charge in [-0.3, -0.25) is 4.79 Å². The highest BCUT2D eigenvalue weighted by Gasteiger charge is 2.33. The van der Waals surface area contributed by atoms with Crippen LogP contribution in [0.25, 0.3) is 0 Å². The molecule has 0 aliphatic heterocycles. The molecular weight excluding hydrogens is 278 g/mol. The van der Waals surface area contributed by atoms with Crippen LogP contribution in [0.4, 0.5) is 0 Å². The molecular formula is C15H22ClNOS. The lowest BCUT2D eigenvalue weighted by Gasteiger charge is -2.33. The van der Waals surface area contributed by atoms with Crippen molar-refractivity contribution < 1.29 is 4.79 Å². The lowest BCUT2D eigenvalue weighted by atomic mass is 9.85. The second kappa shape index (κ2) is 6.27. The summed E-state index contributed by atoms with van der Waals surface area (Å²) in [5.41, 5.74) is 0.996. The van der Waals surface area contributed by atoms with Gasteiger partial charge in [0.15, 0.2) is 0 Å². The van der Waals surface area contributed by atoms with Gasteiger partial charge in [-0.05, 0) is 49.1 Å². The fourth-order valence-electron chi connectivity index (χ4n) is 2.76. The van der Waals surface area contributed by atoms with E-state index in [9.17, 15) is 4.79 Å². The molecule has 2 nitrogen and oxygen atoms in total. The minimum absolute atomic E-state index is 0.0238. The summed E-state index contributed by atoms with van der Waals surface area (Å²) in [6.07, 6.45) is 4.95. The predicted molar refractivity (Wildman–Crippen MR) is 82.2 cm³/mol. The van der Waals surface area contributed by atoms with Crippen LogP contribution in [0.2, 0.25) is 0 Å². The van der Waals surface area contributed by atoms with Crippen LogP contribution in [-0.2, 0) is 11.2 Å². The number of hydrogen-bond acceptors (Lipinski definition) is 2. The SMILES string of the molecule is CCC(CC)(CCl)NC(=O)C1CCCc2sccc21. The van der Waals surface area contributed by atoms with Crippen LogP contribution in [0.15, 0.2) is 11.4 Å². The van der Waals surface area contributed by atoms with Gasteiger partial charge in [0.2, 0.25) is 5.91 Å². The zero-order valence-electron chi connectivity index (χ0n) is 11.7. The van der Waals surface area contributed by atoms with E-state index in [1.165, 1.54) is 10.4 Å². The van der Waals surface area contributed by atoms with Crippen LogP contribution in [0, 0.1) is 0 Å². The van der Waals surface area contributed by atoms with Crippen molar-refractivity contribution in [3.05, 3.63) is 21.9 Å². The van der Waals surface area contributed by atoms with Crippen molar-refractivity contribution in [3.8, 4) is 0 Å². The molecule has 1 aromatic rings. The van der Waals surface area contributed by atoms with E-state index in [-0.39, 0.29) is 17.4 Å². The lowest BCUT2D eigenvalue weighted by Crippen LogP contribution is -2.51. The van der Waals surface area contributed by atoms with Gasteiger partial charge in [-0.1, -0.05) is 13.8 Å². The summed E-state index contributed by atoms with van der Waals surface area (Å²) in [5, 5.41) is 5.32. The van der Waals surface area contributed by atoms with Crippen molar-refractivity contribution in [2.45, 2.75) is 57.4 Å². The predicted octanol–water partition coefficient (Wildman–Crippen LogP) is 4.08. The Morgan fingerprint density at radius 1 is 1.53 bits per heavy atom. The van der Waals surface area contributed by atoms with Gasteiger partial charge >= 0.3 is 0 Å². The Morgan fingerprint density at radius 2 is 2.26 bits per heavy atom. The molecule has 1 N–H and O–H groups in total. The molecule has 19 heavy (non-hydrogen) atoms. The molecule has 106 valence electrons. The third-order valence-electron chi connectivity index (χ3n) is 4.37. The normalized spacial score (nSPS) is 19.0. The number of fused-ring (bicyclic) bond motifs is 1. The van der Waals surface area contributed by atoms with Gasteiger partial charge in [0.05, 0.1) is 11.5 Å². The highest BCUT2D eigenvalue weighted by Crippen LogP contribution is 2.35. The van der Waals surface area contributed by atoms with Crippen molar-refractivity contribution in [1.82, 2.24) is 5.32 Å². The van der Waals surface area contributed by atoms with Crippen molar-refractivity contribution in [2.75, 3.05) is 5.88 Å². The first kappa shape index (κ1) is 14.9. The van der Waals surface area contributed by atoms with Gasteiger partial charge in [-0.2, -0.15) is 0 Å². The number of aryl methyl sites for hydroxylation is 1. The number of rotatable bonds is 5. The number of carbonyl (C=O) groups excluding carboxylic acids is 1. The Morgan fingerprint density at radius 3 is 2.89 bits per heavy atom. The summed E-state index contributed by atoms with van der Waals surface area (Å²) in [6, 6.07) is 2.11. The van der Waals surface area contributed by atoms with E-state index in [0.29, 0.717) is 5.88 Å². The highest BCUT2D eigenvalue weighted by molar-refractivity contribution is 7.10. The molecule has 4 heteroatoms. The van der Waals surface area contributed by atoms with Crippen LogP contribution >= 0.6 is 22.9 Å². The monoisotopic (exact) mass is 299 g/mol. The minimum atomic E-state index is -0.244. The average molecular weight is 300 g/mol. The van der Waals surface area contributed by atoms with Crippen molar-refractivity contribution in [3.63, 3.8) is 0 Å².